The number of ether oxygens (including phenoxy) is 1. The summed E-state index contributed by atoms with van der Waals surface area (Å²) in [6.45, 7) is 6.85. The molecule has 17 heavy (non-hydrogen) atoms. The molecule has 3 unspecified atom stereocenters. The fraction of sp³-hybridized carbons (Fsp3) is 0.692. The Kier molecular flexibility index (Phi) is 4.56. The molecule has 2 rings (SSSR count). The van der Waals surface area contributed by atoms with Crippen LogP contribution in [0.25, 0.3) is 0 Å². The van der Waals surface area contributed by atoms with Crippen molar-refractivity contribution in [3.63, 3.8) is 0 Å². The second-order valence-electron chi connectivity index (χ2n) is 4.71. The smallest absolute Gasteiger partial charge is 0.0675 e. The lowest BCUT2D eigenvalue weighted by Gasteiger charge is -2.42. The number of hydrogen-bond acceptors (Lipinski definition) is 4. The third kappa shape index (κ3) is 2.88. The number of thiophene rings is 1. The Bertz CT molecular complexity index is 328. The first-order chi connectivity index (χ1) is 8.26. The second kappa shape index (κ2) is 5.96. The topological polar surface area (TPSA) is 38.5 Å². The minimum atomic E-state index is 0.311. The van der Waals surface area contributed by atoms with Gasteiger partial charge in [-0.15, -0.1) is 0 Å². The average molecular weight is 254 g/mol. The normalized spacial score (nSPS) is 28.2. The van der Waals surface area contributed by atoms with Crippen LogP contribution in [0.1, 0.15) is 31.9 Å². The van der Waals surface area contributed by atoms with Crippen LogP contribution in [0.3, 0.4) is 0 Å². The van der Waals surface area contributed by atoms with Gasteiger partial charge in [-0.25, -0.2) is 0 Å². The average Bonchev–Trinajstić information content (AvgIpc) is 2.84. The lowest BCUT2D eigenvalue weighted by molar-refractivity contribution is -0.0718. The second-order valence-corrected chi connectivity index (χ2v) is 5.49. The van der Waals surface area contributed by atoms with Gasteiger partial charge in [-0.05, 0) is 35.7 Å². The first kappa shape index (κ1) is 13.0. The predicted octanol–water partition coefficient (Wildman–Crippen LogP) is 2.25. The predicted molar refractivity (Wildman–Crippen MR) is 72.3 cm³/mol. The molecular formula is C13H22N2OS. The van der Waals surface area contributed by atoms with Gasteiger partial charge < -0.3 is 10.5 Å². The number of nitrogens with zero attached hydrogens (tertiary/aromatic N) is 1. The largest absolute Gasteiger partial charge is 0.376 e. The maximum atomic E-state index is 5.98. The van der Waals surface area contributed by atoms with Crippen molar-refractivity contribution in [2.24, 2.45) is 5.73 Å². The number of nitrogens with two attached hydrogens (primary N) is 1. The Morgan fingerprint density at radius 1 is 1.65 bits per heavy atom. The number of rotatable bonds is 4. The third-order valence-electron chi connectivity index (χ3n) is 3.53. The van der Waals surface area contributed by atoms with Crippen molar-refractivity contribution < 1.29 is 4.74 Å². The summed E-state index contributed by atoms with van der Waals surface area (Å²) in [7, 11) is 0. The highest BCUT2D eigenvalue weighted by molar-refractivity contribution is 7.07. The highest BCUT2D eigenvalue weighted by Gasteiger charge is 2.31. The zero-order valence-corrected chi connectivity index (χ0v) is 11.5. The summed E-state index contributed by atoms with van der Waals surface area (Å²) in [6.07, 6.45) is 1.43. The molecule has 0 aromatic carbocycles. The zero-order chi connectivity index (χ0) is 12.3. The van der Waals surface area contributed by atoms with Crippen molar-refractivity contribution in [3.8, 4) is 0 Å². The third-order valence-corrected chi connectivity index (χ3v) is 4.23. The van der Waals surface area contributed by atoms with Crippen molar-refractivity contribution in [3.05, 3.63) is 22.4 Å². The molecule has 1 aliphatic heterocycles. The quantitative estimate of drug-likeness (QED) is 0.895. The van der Waals surface area contributed by atoms with Crippen LogP contribution < -0.4 is 5.73 Å². The van der Waals surface area contributed by atoms with Gasteiger partial charge in [0.05, 0.1) is 12.7 Å². The summed E-state index contributed by atoms with van der Waals surface area (Å²) >= 11 is 1.74. The summed E-state index contributed by atoms with van der Waals surface area (Å²) in [6, 6.07) is 3.03. The Labute approximate surface area is 108 Å². The van der Waals surface area contributed by atoms with Crippen molar-refractivity contribution in [2.75, 3.05) is 19.7 Å². The molecule has 3 nitrogen and oxygen atoms in total. The molecule has 2 N–H and O–H groups in total. The molecule has 1 fully saturated rings. The molecule has 96 valence electrons. The van der Waals surface area contributed by atoms with Gasteiger partial charge in [0, 0.05) is 25.2 Å². The van der Waals surface area contributed by atoms with Crippen LogP contribution in [0.5, 0.6) is 0 Å². The van der Waals surface area contributed by atoms with Crippen LogP contribution in [-0.4, -0.2) is 36.7 Å². The Morgan fingerprint density at radius 2 is 2.47 bits per heavy atom. The molecule has 0 saturated carbocycles. The Hall–Kier alpha value is -0.420. The maximum Gasteiger partial charge on any atom is 0.0675 e. The highest BCUT2D eigenvalue weighted by atomic mass is 32.1. The van der Waals surface area contributed by atoms with Gasteiger partial charge in [-0.1, -0.05) is 6.92 Å². The lowest BCUT2D eigenvalue weighted by Crippen LogP contribution is -2.51. The minimum Gasteiger partial charge on any atom is -0.376 e. The molecule has 0 aliphatic carbocycles. The van der Waals surface area contributed by atoms with E-state index in [1.807, 2.05) is 0 Å². The zero-order valence-electron chi connectivity index (χ0n) is 10.6. The summed E-state index contributed by atoms with van der Waals surface area (Å²) in [5.74, 6) is 0. The molecule has 0 spiro atoms. The molecule has 4 heteroatoms. The van der Waals surface area contributed by atoms with Crippen LogP contribution in [0.15, 0.2) is 16.8 Å². The number of hydrogen-bond donors (Lipinski definition) is 1. The lowest BCUT2D eigenvalue weighted by atomic mass is 10.0. The van der Waals surface area contributed by atoms with E-state index < -0.39 is 0 Å². The molecule has 3 atom stereocenters. The van der Waals surface area contributed by atoms with E-state index in [-0.39, 0.29) is 0 Å². The SMILES string of the molecule is CCC1COC(C)CN1C(CN)c1ccsc1. The Balaban J connectivity index is 2.16. The summed E-state index contributed by atoms with van der Waals surface area (Å²) in [5.41, 5.74) is 7.33. The van der Waals surface area contributed by atoms with Crippen LogP contribution >= 0.6 is 11.3 Å². The molecule has 0 amide bonds. The summed E-state index contributed by atoms with van der Waals surface area (Å²) in [5, 5.41) is 4.34. The van der Waals surface area contributed by atoms with Gasteiger partial charge in [0.25, 0.3) is 0 Å². The van der Waals surface area contributed by atoms with Crippen molar-refractivity contribution >= 4 is 11.3 Å². The van der Waals surface area contributed by atoms with E-state index in [0.717, 1.165) is 19.6 Å². The van der Waals surface area contributed by atoms with Crippen LogP contribution in [-0.2, 0) is 4.74 Å². The van der Waals surface area contributed by atoms with Crippen LogP contribution in [0, 0.1) is 0 Å². The maximum absolute atomic E-state index is 5.98. The molecule has 0 radical (unpaired) electrons. The molecule has 1 aliphatic rings. The van der Waals surface area contributed by atoms with E-state index >= 15 is 0 Å². The van der Waals surface area contributed by atoms with Gasteiger partial charge in [0.1, 0.15) is 0 Å². The number of morpholine rings is 1. The summed E-state index contributed by atoms with van der Waals surface area (Å²) < 4.78 is 5.74. The van der Waals surface area contributed by atoms with Gasteiger partial charge in [-0.3, -0.25) is 4.90 Å². The highest BCUT2D eigenvalue weighted by Crippen LogP contribution is 2.28. The van der Waals surface area contributed by atoms with Crippen molar-refractivity contribution in [2.45, 2.75) is 38.5 Å². The van der Waals surface area contributed by atoms with Gasteiger partial charge in [0.2, 0.25) is 0 Å². The van der Waals surface area contributed by atoms with E-state index in [0.29, 0.717) is 24.7 Å². The van der Waals surface area contributed by atoms with Crippen molar-refractivity contribution in [1.82, 2.24) is 4.90 Å². The van der Waals surface area contributed by atoms with E-state index in [9.17, 15) is 0 Å². The van der Waals surface area contributed by atoms with Gasteiger partial charge >= 0.3 is 0 Å². The molecule has 0 bridgehead atoms. The molecule has 2 heterocycles. The minimum absolute atomic E-state index is 0.311. The van der Waals surface area contributed by atoms with E-state index in [2.05, 4.69) is 35.6 Å². The molecule has 1 aromatic heterocycles. The van der Waals surface area contributed by atoms with E-state index in [1.54, 1.807) is 11.3 Å². The Morgan fingerprint density at radius 3 is 3.06 bits per heavy atom. The summed E-state index contributed by atoms with van der Waals surface area (Å²) in [4.78, 5) is 2.52. The standard InChI is InChI=1S/C13H22N2OS/c1-3-12-8-16-10(2)7-15(12)13(6-14)11-4-5-17-9-11/h4-5,9-10,12-13H,3,6-8,14H2,1-2H3. The van der Waals surface area contributed by atoms with Crippen molar-refractivity contribution in [1.29, 1.82) is 0 Å². The van der Waals surface area contributed by atoms with Crippen LogP contribution in [0.2, 0.25) is 0 Å². The monoisotopic (exact) mass is 254 g/mol. The van der Waals surface area contributed by atoms with E-state index in [4.69, 9.17) is 10.5 Å². The van der Waals surface area contributed by atoms with Gasteiger partial charge in [0.15, 0.2) is 0 Å². The fourth-order valence-electron chi connectivity index (χ4n) is 2.53. The first-order valence-corrected chi connectivity index (χ1v) is 7.30. The van der Waals surface area contributed by atoms with Crippen LogP contribution in [0.4, 0.5) is 0 Å². The molecule has 1 aromatic rings. The van der Waals surface area contributed by atoms with Gasteiger partial charge in [-0.2, -0.15) is 11.3 Å². The van der Waals surface area contributed by atoms with E-state index in [1.165, 1.54) is 5.56 Å². The molecular weight excluding hydrogens is 232 g/mol. The first-order valence-electron chi connectivity index (χ1n) is 6.35. The molecule has 1 saturated heterocycles. The fourth-order valence-corrected chi connectivity index (χ4v) is 3.24.